The largest absolute Gasteiger partial charge is 0.493 e. The third kappa shape index (κ3) is 4.97. The first kappa shape index (κ1) is 19.6. The van der Waals surface area contributed by atoms with Gasteiger partial charge in [-0.25, -0.2) is 0 Å². The van der Waals surface area contributed by atoms with Gasteiger partial charge in [-0.2, -0.15) is 0 Å². The molecule has 0 fully saturated rings. The second kappa shape index (κ2) is 9.69. The highest BCUT2D eigenvalue weighted by Crippen LogP contribution is 2.27. The lowest BCUT2D eigenvalue weighted by molar-refractivity contribution is 0.354. The number of ether oxygens (including phenoxy) is 2. The maximum Gasteiger partial charge on any atom is 0.191 e. The van der Waals surface area contributed by atoms with Gasteiger partial charge in [0.2, 0.25) is 0 Å². The van der Waals surface area contributed by atoms with Crippen molar-refractivity contribution in [1.82, 2.24) is 10.6 Å². The van der Waals surface area contributed by atoms with Crippen molar-refractivity contribution >= 4 is 16.9 Å². The lowest BCUT2D eigenvalue weighted by atomic mass is 10.1. The summed E-state index contributed by atoms with van der Waals surface area (Å²) in [6, 6.07) is 16.1. The minimum atomic E-state index is 0.738. The first-order valence-corrected chi connectivity index (χ1v) is 9.36. The van der Waals surface area contributed by atoms with Crippen molar-refractivity contribution in [1.29, 1.82) is 0 Å². The number of hydrogen-bond acceptors (Lipinski definition) is 4. The summed E-state index contributed by atoms with van der Waals surface area (Å²) in [7, 11) is 5.06. The van der Waals surface area contributed by atoms with Crippen LogP contribution in [0.25, 0.3) is 11.0 Å². The van der Waals surface area contributed by atoms with Crippen molar-refractivity contribution < 1.29 is 13.9 Å². The Bertz CT molecular complexity index is 901. The van der Waals surface area contributed by atoms with E-state index in [0.717, 1.165) is 60.1 Å². The molecule has 6 nitrogen and oxygen atoms in total. The molecule has 0 aliphatic rings. The number of furan rings is 1. The molecule has 1 aromatic heterocycles. The zero-order valence-corrected chi connectivity index (χ0v) is 16.6. The Balaban J connectivity index is 1.44. The topological polar surface area (TPSA) is 68.0 Å². The fraction of sp³-hybridized carbons (Fsp3) is 0.318. The van der Waals surface area contributed by atoms with E-state index in [1.54, 1.807) is 21.3 Å². The molecule has 0 aliphatic carbocycles. The van der Waals surface area contributed by atoms with E-state index in [4.69, 9.17) is 13.9 Å². The summed E-state index contributed by atoms with van der Waals surface area (Å²) in [5.41, 5.74) is 2.10. The minimum absolute atomic E-state index is 0.738. The predicted octanol–water partition coefficient (Wildman–Crippen LogP) is 3.40. The van der Waals surface area contributed by atoms with Gasteiger partial charge in [0.1, 0.15) is 11.3 Å². The molecule has 0 unspecified atom stereocenters. The van der Waals surface area contributed by atoms with Gasteiger partial charge in [-0.1, -0.05) is 24.3 Å². The number of methoxy groups -OCH3 is 2. The molecule has 2 N–H and O–H groups in total. The van der Waals surface area contributed by atoms with Gasteiger partial charge in [0.25, 0.3) is 0 Å². The molecule has 0 atom stereocenters. The van der Waals surface area contributed by atoms with Gasteiger partial charge in [-0.05, 0) is 36.2 Å². The van der Waals surface area contributed by atoms with Crippen molar-refractivity contribution in [3.05, 3.63) is 59.9 Å². The van der Waals surface area contributed by atoms with Crippen LogP contribution in [0.5, 0.6) is 11.5 Å². The fourth-order valence-electron chi connectivity index (χ4n) is 3.05. The summed E-state index contributed by atoms with van der Waals surface area (Å²) in [5, 5.41) is 7.79. The Labute approximate surface area is 165 Å². The van der Waals surface area contributed by atoms with E-state index in [-0.39, 0.29) is 0 Å². The molecule has 0 amide bonds. The second-order valence-electron chi connectivity index (χ2n) is 6.37. The summed E-state index contributed by atoms with van der Waals surface area (Å²) in [5.74, 6) is 3.22. The Morgan fingerprint density at radius 1 is 0.929 bits per heavy atom. The summed E-state index contributed by atoms with van der Waals surface area (Å²) < 4.78 is 16.5. The molecule has 0 saturated heterocycles. The quantitative estimate of drug-likeness (QED) is 0.462. The zero-order chi connectivity index (χ0) is 19.8. The van der Waals surface area contributed by atoms with E-state index < -0.39 is 0 Å². The Hall–Kier alpha value is -3.15. The number of para-hydroxylation sites is 1. The molecule has 1 heterocycles. The van der Waals surface area contributed by atoms with E-state index in [2.05, 4.69) is 27.8 Å². The van der Waals surface area contributed by atoms with Crippen molar-refractivity contribution in [2.24, 2.45) is 4.99 Å². The second-order valence-corrected chi connectivity index (χ2v) is 6.37. The zero-order valence-electron chi connectivity index (χ0n) is 16.6. The number of hydrogen-bond donors (Lipinski definition) is 2. The first-order chi connectivity index (χ1) is 13.7. The number of rotatable bonds is 8. The summed E-state index contributed by atoms with van der Waals surface area (Å²) >= 11 is 0. The van der Waals surface area contributed by atoms with Crippen LogP contribution in [0.1, 0.15) is 11.3 Å². The van der Waals surface area contributed by atoms with Gasteiger partial charge in [0, 0.05) is 31.9 Å². The van der Waals surface area contributed by atoms with E-state index in [0.29, 0.717) is 0 Å². The molecular weight excluding hydrogens is 354 g/mol. The molecule has 148 valence electrons. The number of benzene rings is 2. The average molecular weight is 381 g/mol. The Morgan fingerprint density at radius 3 is 2.39 bits per heavy atom. The van der Waals surface area contributed by atoms with Crippen LogP contribution >= 0.6 is 0 Å². The van der Waals surface area contributed by atoms with Gasteiger partial charge in [0.15, 0.2) is 17.5 Å². The molecular formula is C22H27N3O3. The SMILES string of the molecule is CN=C(NCCc1ccc(OC)c(OC)c1)NCCc1cc2ccccc2o1. The highest BCUT2D eigenvalue weighted by Gasteiger charge is 2.06. The van der Waals surface area contributed by atoms with Crippen LogP contribution < -0.4 is 20.1 Å². The molecule has 0 spiro atoms. The lowest BCUT2D eigenvalue weighted by Crippen LogP contribution is -2.39. The van der Waals surface area contributed by atoms with Gasteiger partial charge < -0.3 is 24.5 Å². The van der Waals surface area contributed by atoms with E-state index in [9.17, 15) is 0 Å². The number of nitrogens with zero attached hydrogens (tertiary/aromatic N) is 1. The molecule has 28 heavy (non-hydrogen) atoms. The highest BCUT2D eigenvalue weighted by atomic mass is 16.5. The van der Waals surface area contributed by atoms with Crippen LogP contribution in [0.3, 0.4) is 0 Å². The van der Waals surface area contributed by atoms with Crippen LogP contribution in [0.4, 0.5) is 0 Å². The maximum absolute atomic E-state index is 5.84. The molecule has 3 aromatic rings. The molecule has 3 rings (SSSR count). The lowest BCUT2D eigenvalue weighted by Gasteiger charge is -2.12. The molecule has 6 heteroatoms. The van der Waals surface area contributed by atoms with Gasteiger partial charge in [0.05, 0.1) is 14.2 Å². The number of fused-ring (bicyclic) bond motifs is 1. The predicted molar refractivity (Wildman–Crippen MR) is 113 cm³/mol. The number of nitrogens with one attached hydrogen (secondary N) is 2. The van der Waals surface area contributed by atoms with Crippen LogP contribution in [0.2, 0.25) is 0 Å². The average Bonchev–Trinajstić information content (AvgIpc) is 3.15. The maximum atomic E-state index is 5.84. The number of guanidine groups is 1. The third-order valence-corrected chi connectivity index (χ3v) is 4.52. The minimum Gasteiger partial charge on any atom is -0.493 e. The molecule has 0 radical (unpaired) electrons. The summed E-state index contributed by atoms with van der Waals surface area (Å²) in [6.45, 7) is 1.51. The monoisotopic (exact) mass is 381 g/mol. The van der Waals surface area contributed by atoms with Crippen molar-refractivity contribution in [3.63, 3.8) is 0 Å². The number of aliphatic imine (C=N–C) groups is 1. The summed E-state index contributed by atoms with van der Waals surface area (Å²) in [4.78, 5) is 4.27. The van der Waals surface area contributed by atoms with Gasteiger partial charge >= 0.3 is 0 Å². The molecule has 0 saturated carbocycles. The van der Waals surface area contributed by atoms with E-state index in [1.807, 2.05) is 36.4 Å². The van der Waals surface area contributed by atoms with E-state index >= 15 is 0 Å². The van der Waals surface area contributed by atoms with Crippen LogP contribution in [-0.2, 0) is 12.8 Å². The van der Waals surface area contributed by atoms with Crippen LogP contribution in [-0.4, -0.2) is 40.3 Å². The van der Waals surface area contributed by atoms with Crippen molar-refractivity contribution in [2.75, 3.05) is 34.4 Å². The normalized spacial score (nSPS) is 11.5. The van der Waals surface area contributed by atoms with Crippen LogP contribution in [0, 0.1) is 0 Å². The standard InChI is InChI=1S/C22H27N3O3/c1-23-22(24-12-10-16-8-9-20(26-2)21(14-16)27-3)25-13-11-18-15-17-6-4-5-7-19(17)28-18/h4-9,14-15H,10-13H2,1-3H3,(H2,23,24,25). The first-order valence-electron chi connectivity index (χ1n) is 9.36. The fourth-order valence-corrected chi connectivity index (χ4v) is 3.05. The smallest absolute Gasteiger partial charge is 0.191 e. The highest BCUT2D eigenvalue weighted by molar-refractivity contribution is 5.80. The Kier molecular flexibility index (Phi) is 6.78. The Morgan fingerprint density at radius 2 is 1.68 bits per heavy atom. The van der Waals surface area contributed by atoms with Crippen molar-refractivity contribution in [2.45, 2.75) is 12.8 Å². The van der Waals surface area contributed by atoms with E-state index in [1.165, 1.54) is 5.56 Å². The third-order valence-electron chi connectivity index (χ3n) is 4.52. The molecule has 2 aromatic carbocycles. The van der Waals surface area contributed by atoms with Gasteiger partial charge in [-0.15, -0.1) is 0 Å². The molecule has 0 bridgehead atoms. The van der Waals surface area contributed by atoms with Crippen molar-refractivity contribution in [3.8, 4) is 11.5 Å². The summed E-state index contributed by atoms with van der Waals surface area (Å²) in [6.07, 6.45) is 1.65. The van der Waals surface area contributed by atoms with Crippen LogP contribution in [0.15, 0.2) is 57.9 Å². The van der Waals surface area contributed by atoms with Gasteiger partial charge in [-0.3, -0.25) is 4.99 Å². The molecule has 0 aliphatic heterocycles.